The number of hydrogen-bond donors (Lipinski definition) is 1. The summed E-state index contributed by atoms with van der Waals surface area (Å²) in [4.78, 5) is 0. The molecule has 4 atom stereocenters. The fourth-order valence-corrected chi connectivity index (χ4v) is 4.42. The molecule has 3 heteroatoms. The Morgan fingerprint density at radius 3 is 2.71 bits per heavy atom. The molecular formula is C14H26O2S. The predicted octanol–water partition coefficient (Wildman–Crippen LogP) is 2.94. The molecule has 2 heterocycles. The molecule has 1 spiro atoms. The van der Waals surface area contributed by atoms with E-state index in [9.17, 15) is 5.11 Å². The molecule has 0 bridgehead atoms. The van der Waals surface area contributed by atoms with Crippen molar-refractivity contribution in [2.24, 2.45) is 17.8 Å². The highest BCUT2D eigenvalue weighted by Gasteiger charge is 2.43. The Morgan fingerprint density at radius 1 is 1.35 bits per heavy atom. The van der Waals surface area contributed by atoms with Crippen LogP contribution in [-0.2, 0) is 4.74 Å². The molecule has 2 aliphatic heterocycles. The van der Waals surface area contributed by atoms with Gasteiger partial charge in [-0.25, -0.2) is 0 Å². The third-order valence-electron chi connectivity index (χ3n) is 4.67. The van der Waals surface area contributed by atoms with Crippen LogP contribution in [0.15, 0.2) is 0 Å². The smallest absolute Gasteiger partial charge is 0.0783 e. The molecule has 2 saturated heterocycles. The van der Waals surface area contributed by atoms with Crippen molar-refractivity contribution in [3.63, 3.8) is 0 Å². The largest absolute Gasteiger partial charge is 0.393 e. The summed E-state index contributed by atoms with van der Waals surface area (Å²) < 4.78 is 6.02. The van der Waals surface area contributed by atoms with E-state index in [-0.39, 0.29) is 11.7 Å². The SMILES string of the molecule is CC(C)C(C)C(O)C1CCOC2(CCSC2)C1. The molecule has 0 aromatic rings. The standard InChI is InChI=1S/C14H26O2S/c1-10(2)11(3)13(15)12-4-6-16-14(8-12)5-7-17-9-14/h10-13,15H,4-9H2,1-3H3. The van der Waals surface area contributed by atoms with Gasteiger partial charge in [-0.15, -0.1) is 0 Å². The molecule has 100 valence electrons. The van der Waals surface area contributed by atoms with Gasteiger partial charge in [0.2, 0.25) is 0 Å². The molecule has 0 aromatic heterocycles. The normalized spacial score (nSPS) is 37.6. The van der Waals surface area contributed by atoms with Crippen molar-refractivity contribution < 1.29 is 9.84 Å². The van der Waals surface area contributed by atoms with Crippen LogP contribution in [0.1, 0.15) is 40.0 Å². The maximum absolute atomic E-state index is 10.5. The molecule has 2 rings (SSSR count). The van der Waals surface area contributed by atoms with Crippen LogP contribution in [-0.4, -0.2) is 34.9 Å². The summed E-state index contributed by atoms with van der Waals surface area (Å²) in [6.45, 7) is 7.43. The Morgan fingerprint density at radius 2 is 2.12 bits per heavy atom. The maximum Gasteiger partial charge on any atom is 0.0783 e. The zero-order valence-electron chi connectivity index (χ0n) is 11.3. The monoisotopic (exact) mass is 258 g/mol. The Balaban J connectivity index is 1.97. The predicted molar refractivity (Wildman–Crippen MR) is 73.4 cm³/mol. The summed E-state index contributed by atoms with van der Waals surface area (Å²) in [6.07, 6.45) is 3.13. The summed E-state index contributed by atoms with van der Waals surface area (Å²) >= 11 is 2.00. The number of thioether (sulfide) groups is 1. The Hall–Kier alpha value is 0.270. The number of hydrogen-bond acceptors (Lipinski definition) is 3. The topological polar surface area (TPSA) is 29.5 Å². The van der Waals surface area contributed by atoms with E-state index in [1.807, 2.05) is 11.8 Å². The minimum absolute atomic E-state index is 0.102. The van der Waals surface area contributed by atoms with E-state index >= 15 is 0 Å². The van der Waals surface area contributed by atoms with Crippen molar-refractivity contribution in [3.8, 4) is 0 Å². The van der Waals surface area contributed by atoms with E-state index in [2.05, 4.69) is 20.8 Å². The van der Waals surface area contributed by atoms with Gasteiger partial charge in [-0.1, -0.05) is 20.8 Å². The molecule has 4 unspecified atom stereocenters. The van der Waals surface area contributed by atoms with Gasteiger partial charge in [0, 0.05) is 12.4 Å². The first kappa shape index (κ1) is 13.7. The molecule has 1 N–H and O–H groups in total. The fourth-order valence-electron chi connectivity index (χ4n) is 3.04. The molecule has 17 heavy (non-hydrogen) atoms. The van der Waals surface area contributed by atoms with Crippen molar-refractivity contribution in [1.29, 1.82) is 0 Å². The van der Waals surface area contributed by atoms with Gasteiger partial charge in [0.05, 0.1) is 11.7 Å². The lowest BCUT2D eigenvalue weighted by molar-refractivity contribution is -0.111. The van der Waals surface area contributed by atoms with Crippen molar-refractivity contribution in [2.75, 3.05) is 18.1 Å². The Kier molecular flexibility index (Phi) is 4.43. The lowest BCUT2D eigenvalue weighted by Crippen LogP contribution is -2.45. The molecule has 0 saturated carbocycles. The lowest BCUT2D eigenvalue weighted by atomic mass is 9.76. The summed E-state index contributed by atoms with van der Waals surface area (Å²) in [5, 5.41) is 10.5. The summed E-state index contributed by atoms with van der Waals surface area (Å²) in [6, 6.07) is 0. The Bertz CT molecular complexity index is 249. The molecule has 0 aromatic carbocycles. The van der Waals surface area contributed by atoms with Gasteiger partial charge < -0.3 is 9.84 Å². The third-order valence-corrected chi connectivity index (χ3v) is 5.89. The zero-order valence-corrected chi connectivity index (χ0v) is 12.1. The van der Waals surface area contributed by atoms with Crippen LogP contribution in [0.4, 0.5) is 0 Å². The van der Waals surface area contributed by atoms with Crippen LogP contribution in [0.3, 0.4) is 0 Å². The van der Waals surface area contributed by atoms with Gasteiger partial charge in [0.15, 0.2) is 0 Å². The van der Waals surface area contributed by atoms with Gasteiger partial charge in [0.1, 0.15) is 0 Å². The van der Waals surface area contributed by atoms with E-state index in [0.29, 0.717) is 17.8 Å². The second-order valence-electron chi connectivity index (χ2n) is 6.18. The molecule has 0 amide bonds. The van der Waals surface area contributed by atoms with E-state index in [1.165, 1.54) is 12.2 Å². The second-order valence-corrected chi connectivity index (χ2v) is 7.29. The lowest BCUT2D eigenvalue weighted by Gasteiger charge is -2.41. The minimum Gasteiger partial charge on any atom is -0.393 e. The Labute approximate surface area is 110 Å². The average Bonchev–Trinajstić information content (AvgIpc) is 2.75. The quantitative estimate of drug-likeness (QED) is 0.844. The summed E-state index contributed by atoms with van der Waals surface area (Å²) in [5.74, 6) is 3.75. The average molecular weight is 258 g/mol. The van der Waals surface area contributed by atoms with Crippen LogP contribution < -0.4 is 0 Å². The maximum atomic E-state index is 10.5. The molecular weight excluding hydrogens is 232 g/mol. The molecule has 2 nitrogen and oxygen atoms in total. The van der Waals surface area contributed by atoms with E-state index in [0.717, 1.165) is 25.2 Å². The van der Waals surface area contributed by atoms with E-state index < -0.39 is 0 Å². The van der Waals surface area contributed by atoms with Crippen molar-refractivity contribution in [2.45, 2.75) is 51.7 Å². The van der Waals surface area contributed by atoms with E-state index in [4.69, 9.17) is 4.74 Å². The summed E-state index contributed by atoms with van der Waals surface area (Å²) in [7, 11) is 0. The fraction of sp³-hybridized carbons (Fsp3) is 1.00. The highest BCUT2D eigenvalue weighted by Crippen LogP contribution is 2.42. The number of rotatable bonds is 3. The van der Waals surface area contributed by atoms with E-state index in [1.54, 1.807) is 0 Å². The first-order chi connectivity index (χ1) is 8.04. The number of ether oxygens (including phenoxy) is 1. The van der Waals surface area contributed by atoms with Crippen LogP contribution >= 0.6 is 11.8 Å². The van der Waals surface area contributed by atoms with Gasteiger partial charge in [-0.2, -0.15) is 11.8 Å². The van der Waals surface area contributed by atoms with Gasteiger partial charge in [-0.3, -0.25) is 0 Å². The third kappa shape index (κ3) is 2.99. The first-order valence-electron chi connectivity index (χ1n) is 6.94. The van der Waals surface area contributed by atoms with Gasteiger partial charge in [-0.05, 0) is 42.8 Å². The van der Waals surface area contributed by atoms with Crippen molar-refractivity contribution >= 4 is 11.8 Å². The van der Waals surface area contributed by atoms with Gasteiger partial charge in [0.25, 0.3) is 0 Å². The number of aliphatic hydroxyl groups is 1. The molecule has 2 aliphatic rings. The van der Waals surface area contributed by atoms with Crippen LogP contribution in [0.25, 0.3) is 0 Å². The first-order valence-corrected chi connectivity index (χ1v) is 8.09. The number of aliphatic hydroxyl groups excluding tert-OH is 1. The second kappa shape index (κ2) is 5.50. The highest BCUT2D eigenvalue weighted by molar-refractivity contribution is 7.99. The van der Waals surface area contributed by atoms with Gasteiger partial charge >= 0.3 is 0 Å². The van der Waals surface area contributed by atoms with Crippen molar-refractivity contribution in [3.05, 3.63) is 0 Å². The van der Waals surface area contributed by atoms with Crippen LogP contribution in [0, 0.1) is 17.8 Å². The molecule has 0 aliphatic carbocycles. The van der Waals surface area contributed by atoms with Crippen LogP contribution in [0.2, 0.25) is 0 Å². The van der Waals surface area contributed by atoms with Crippen LogP contribution in [0.5, 0.6) is 0 Å². The molecule has 2 fully saturated rings. The molecule has 0 radical (unpaired) electrons. The highest BCUT2D eigenvalue weighted by atomic mass is 32.2. The summed E-state index contributed by atoms with van der Waals surface area (Å²) in [5.41, 5.74) is 0.102. The zero-order chi connectivity index (χ0) is 12.5. The van der Waals surface area contributed by atoms with Crippen molar-refractivity contribution in [1.82, 2.24) is 0 Å². The minimum atomic E-state index is -0.152.